The highest BCUT2D eigenvalue weighted by molar-refractivity contribution is 9.10. The molecule has 0 bridgehead atoms. The van der Waals surface area contributed by atoms with Crippen LogP contribution in [0.3, 0.4) is 0 Å². The van der Waals surface area contributed by atoms with Crippen LogP contribution in [-0.4, -0.2) is 0 Å². The number of benzene rings is 3. The van der Waals surface area contributed by atoms with Crippen molar-refractivity contribution in [1.82, 2.24) is 0 Å². The summed E-state index contributed by atoms with van der Waals surface area (Å²) in [5, 5.41) is 0. The second kappa shape index (κ2) is 5.60. The second-order valence-corrected chi connectivity index (χ2v) is 7.96. The van der Waals surface area contributed by atoms with Gasteiger partial charge in [-0.2, -0.15) is 0 Å². The maximum atomic E-state index is 3.53. The van der Waals surface area contributed by atoms with Gasteiger partial charge < -0.3 is 0 Å². The summed E-state index contributed by atoms with van der Waals surface area (Å²) >= 11 is 3.53. The minimum absolute atomic E-state index is 0.717. The number of fused-ring (bicyclic) bond motifs is 6. The van der Waals surface area contributed by atoms with Crippen molar-refractivity contribution in [3.05, 3.63) is 82.3 Å². The van der Waals surface area contributed by atoms with E-state index in [-0.39, 0.29) is 0 Å². The van der Waals surface area contributed by atoms with Crippen molar-refractivity contribution >= 4 is 15.9 Å². The minimum atomic E-state index is 0.717. The Morgan fingerprint density at radius 3 is 2.12 bits per heavy atom. The molecule has 2 unspecified atom stereocenters. The van der Waals surface area contributed by atoms with E-state index in [0.29, 0.717) is 5.92 Å². The zero-order valence-electron chi connectivity index (χ0n) is 13.5. The first-order valence-corrected chi connectivity index (χ1v) is 9.60. The van der Waals surface area contributed by atoms with Crippen LogP contribution in [-0.2, 0) is 0 Å². The molecule has 24 heavy (non-hydrogen) atoms. The summed E-state index contributed by atoms with van der Waals surface area (Å²) in [5.74, 6) is 1.45. The highest BCUT2D eigenvalue weighted by Crippen LogP contribution is 2.54. The van der Waals surface area contributed by atoms with Crippen LogP contribution < -0.4 is 0 Å². The van der Waals surface area contributed by atoms with Crippen LogP contribution in [0.15, 0.2) is 71.2 Å². The highest BCUT2D eigenvalue weighted by atomic mass is 79.9. The molecule has 0 N–H and O–H groups in total. The summed E-state index contributed by atoms with van der Waals surface area (Å²) in [5.41, 5.74) is 8.64. The first-order valence-electron chi connectivity index (χ1n) is 8.80. The molecular weight excluding hydrogens is 356 g/mol. The second-order valence-electron chi connectivity index (χ2n) is 7.04. The summed E-state index contributed by atoms with van der Waals surface area (Å²) in [6, 6.07) is 24.8. The van der Waals surface area contributed by atoms with Gasteiger partial charge in [-0.05, 0) is 76.3 Å². The molecule has 0 radical (unpaired) electrons. The van der Waals surface area contributed by atoms with Gasteiger partial charge in [-0.3, -0.25) is 0 Å². The molecule has 0 amide bonds. The monoisotopic (exact) mass is 374 g/mol. The highest BCUT2D eigenvalue weighted by Gasteiger charge is 2.36. The van der Waals surface area contributed by atoms with Gasteiger partial charge in [0.25, 0.3) is 0 Å². The summed E-state index contributed by atoms with van der Waals surface area (Å²) < 4.78 is 1.13. The van der Waals surface area contributed by atoms with Crippen molar-refractivity contribution in [2.75, 3.05) is 0 Å². The molecule has 0 spiro atoms. The Labute approximate surface area is 151 Å². The zero-order chi connectivity index (χ0) is 16.1. The van der Waals surface area contributed by atoms with Crippen LogP contribution >= 0.6 is 15.9 Å². The van der Waals surface area contributed by atoms with E-state index >= 15 is 0 Å². The SMILES string of the molecule is Brc1ccc(-c2ccc3c(c2)-c2ccccc2C2CCCC32)cc1. The average Bonchev–Trinajstić information content (AvgIpc) is 3.12. The fourth-order valence-corrected chi connectivity index (χ4v) is 4.97. The fourth-order valence-electron chi connectivity index (χ4n) is 4.70. The molecule has 0 aliphatic heterocycles. The molecule has 0 aromatic heterocycles. The van der Waals surface area contributed by atoms with Crippen molar-refractivity contribution in [2.45, 2.75) is 31.1 Å². The maximum Gasteiger partial charge on any atom is 0.0175 e. The van der Waals surface area contributed by atoms with E-state index in [9.17, 15) is 0 Å². The smallest absolute Gasteiger partial charge is 0.0175 e. The third kappa shape index (κ3) is 2.18. The largest absolute Gasteiger partial charge is 0.0619 e. The first-order chi connectivity index (χ1) is 11.8. The van der Waals surface area contributed by atoms with E-state index in [4.69, 9.17) is 0 Å². The molecule has 0 saturated heterocycles. The molecule has 3 aromatic rings. The zero-order valence-corrected chi connectivity index (χ0v) is 15.1. The topological polar surface area (TPSA) is 0 Å². The van der Waals surface area contributed by atoms with Gasteiger partial charge in [0.05, 0.1) is 0 Å². The minimum Gasteiger partial charge on any atom is -0.0619 e. The lowest BCUT2D eigenvalue weighted by molar-refractivity contribution is 0.616. The van der Waals surface area contributed by atoms with Crippen LogP contribution in [0.25, 0.3) is 22.3 Å². The summed E-state index contributed by atoms with van der Waals surface area (Å²) in [7, 11) is 0. The van der Waals surface area contributed by atoms with Crippen LogP contribution in [0.5, 0.6) is 0 Å². The molecule has 2 atom stereocenters. The quantitative estimate of drug-likeness (QED) is 0.424. The summed E-state index contributed by atoms with van der Waals surface area (Å²) in [4.78, 5) is 0. The van der Waals surface area contributed by atoms with E-state index in [0.717, 1.165) is 10.4 Å². The molecule has 3 aromatic carbocycles. The van der Waals surface area contributed by atoms with E-state index in [2.05, 4.69) is 82.7 Å². The van der Waals surface area contributed by atoms with Gasteiger partial charge in [0.1, 0.15) is 0 Å². The Morgan fingerprint density at radius 1 is 0.667 bits per heavy atom. The Hall–Kier alpha value is -1.86. The van der Waals surface area contributed by atoms with Gasteiger partial charge in [-0.25, -0.2) is 0 Å². The molecule has 2 aliphatic carbocycles. The molecule has 2 aliphatic rings. The Balaban J connectivity index is 1.70. The maximum absolute atomic E-state index is 3.53. The molecule has 0 heterocycles. The van der Waals surface area contributed by atoms with Crippen molar-refractivity contribution in [3.8, 4) is 22.3 Å². The lowest BCUT2D eigenvalue weighted by atomic mass is 9.72. The van der Waals surface area contributed by atoms with Crippen LogP contribution in [0, 0.1) is 0 Å². The van der Waals surface area contributed by atoms with Crippen molar-refractivity contribution in [3.63, 3.8) is 0 Å². The summed E-state index contributed by atoms with van der Waals surface area (Å²) in [6.07, 6.45) is 4.04. The third-order valence-corrected chi connectivity index (χ3v) is 6.33. The summed E-state index contributed by atoms with van der Waals surface area (Å²) in [6.45, 7) is 0. The van der Waals surface area contributed by atoms with Gasteiger partial charge in [0, 0.05) is 4.47 Å². The van der Waals surface area contributed by atoms with Crippen LogP contribution in [0.2, 0.25) is 0 Å². The number of hydrogen-bond donors (Lipinski definition) is 0. The standard InChI is InChI=1S/C23H19Br/c24-17-11-8-15(9-12-17)16-10-13-22-20-7-3-6-19(20)18-4-1-2-5-21(18)23(22)14-16/h1-2,4-5,8-14,19-20H,3,6-7H2. The molecular formula is C23H19Br. The van der Waals surface area contributed by atoms with Crippen LogP contribution in [0.1, 0.15) is 42.2 Å². The van der Waals surface area contributed by atoms with Gasteiger partial charge in [-0.1, -0.05) is 70.9 Å². The van der Waals surface area contributed by atoms with E-state index in [1.54, 1.807) is 11.1 Å². The lowest BCUT2D eigenvalue weighted by Crippen LogP contribution is -2.13. The average molecular weight is 375 g/mol. The van der Waals surface area contributed by atoms with E-state index in [1.165, 1.54) is 41.5 Å². The molecule has 1 heteroatoms. The predicted molar refractivity (Wildman–Crippen MR) is 104 cm³/mol. The third-order valence-electron chi connectivity index (χ3n) is 5.80. The lowest BCUT2D eigenvalue weighted by Gasteiger charge is -2.31. The predicted octanol–water partition coefficient (Wildman–Crippen LogP) is 7.15. The van der Waals surface area contributed by atoms with E-state index in [1.807, 2.05) is 0 Å². The van der Waals surface area contributed by atoms with Crippen molar-refractivity contribution < 1.29 is 0 Å². The molecule has 5 rings (SSSR count). The fraction of sp³-hybridized carbons (Fsp3) is 0.217. The van der Waals surface area contributed by atoms with Gasteiger partial charge in [0.2, 0.25) is 0 Å². The Bertz CT molecular complexity index is 908. The van der Waals surface area contributed by atoms with Gasteiger partial charge >= 0.3 is 0 Å². The van der Waals surface area contributed by atoms with E-state index < -0.39 is 0 Å². The van der Waals surface area contributed by atoms with Crippen molar-refractivity contribution in [1.29, 1.82) is 0 Å². The number of rotatable bonds is 1. The van der Waals surface area contributed by atoms with Gasteiger partial charge in [-0.15, -0.1) is 0 Å². The Kier molecular flexibility index (Phi) is 3.38. The Morgan fingerprint density at radius 2 is 1.33 bits per heavy atom. The molecule has 118 valence electrons. The van der Waals surface area contributed by atoms with Crippen molar-refractivity contribution in [2.24, 2.45) is 0 Å². The molecule has 1 saturated carbocycles. The number of hydrogen-bond acceptors (Lipinski definition) is 0. The normalized spacial score (nSPS) is 21.0. The first kappa shape index (κ1) is 14.5. The number of halogens is 1. The van der Waals surface area contributed by atoms with Crippen LogP contribution in [0.4, 0.5) is 0 Å². The molecule has 1 fully saturated rings. The van der Waals surface area contributed by atoms with Gasteiger partial charge in [0.15, 0.2) is 0 Å². The molecule has 0 nitrogen and oxygen atoms in total.